The van der Waals surface area contributed by atoms with E-state index in [2.05, 4.69) is 24.5 Å². The fraction of sp³-hybridized carbons (Fsp3) is 0.838. The number of hydrogen-bond donors (Lipinski definition) is 11. The van der Waals surface area contributed by atoms with E-state index in [1.54, 1.807) is 0 Å². The van der Waals surface area contributed by atoms with Crippen LogP contribution in [-0.2, 0) is 28.5 Å². The lowest BCUT2D eigenvalue weighted by molar-refractivity contribution is -0.347. The summed E-state index contributed by atoms with van der Waals surface area (Å²) in [6, 6.07) is -1.94. The van der Waals surface area contributed by atoms with Crippen LogP contribution in [0.3, 0.4) is 0 Å². The number of amides is 2. The number of aliphatic hydroxyl groups excluding tert-OH is 8. The lowest BCUT2D eigenvalue weighted by Crippen LogP contribution is -2.69. The molecule has 3 aliphatic rings. The van der Waals surface area contributed by atoms with Crippen LogP contribution in [0, 0.1) is 5.92 Å². The van der Waals surface area contributed by atoms with Crippen LogP contribution in [0.15, 0.2) is 21.9 Å². The van der Waals surface area contributed by atoms with Gasteiger partial charge in [-0.3, -0.25) is 23.9 Å². The summed E-state index contributed by atoms with van der Waals surface area (Å²) >= 11 is 0. The van der Waals surface area contributed by atoms with Gasteiger partial charge < -0.3 is 70.4 Å². The van der Waals surface area contributed by atoms with E-state index in [4.69, 9.17) is 18.9 Å². The SMILES string of the molecule is CC(=O)NC1C(OC2OC(CC(O)C3OC(n4ccc(=O)[nH]c4=O)C(O)C3O)C(O)C(O)C2NC(=O)CCCCCCCCCCC(C)C)OC(CO)C(O)C1O. The molecular formula is C37H62N4O16. The second-order valence-electron chi connectivity index (χ2n) is 15.7. The molecule has 20 nitrogen and oxygen atoms in total. The van der Waals surface area contributed by atoms with Gasteiger partial charge in [-0.15, -0.1) is 0 Å². The standard InChI is InChI=1S/C37H62N4O16/c1-18(2)12-10-8-6-4-5-7-9-11-13-23(45)39-26-30(50)27(47)21(54-36(26)57-35-25(38-19(3)43)29(49)28(48)22(17-42)55-35)16-20(44)33-31(51)32(52)34(56-33)41-15-14-24(46)40-37(41)53/h14-15,18,20-22,25-36,42,44,47-52H,4-13,16-17H2,1-3H3,(H,38,43)(H,39,45)(H,40,46,53). The highest BCUT2D eigenvalue weighted by atomic mass is 16.8. The van der Waals surface area contributed by atoms with Gasteiger partial charge in [-0.2, -0.15) is 0 Å². The first-order valence-electron chi connectivity index (χ1n) is 19.9. The third-order valence-electron chi connectivity index (χ3n) is 10.7. The Hall–Kier alpha value is -2.86. The Labute approximate surface area is 330 Å². The first-order valence-corrected chi connectivity index (χ1v) is 19.9. The number of aromatic nitrogens is 2. The predicted molar refractivity (Wildman–Crippen MR) is 198 cm³/mol. The quantitative estimate of drug-likeness (QED) is 0.0599. The van der Waals surface area contributed by atoms with Gasteiger partial charge in [0.2, 0.25) is 11.8 Å². The van der Waals surface area contributed by atoms with Gasteiger partial charge in [0.05, 0.1) is 18.8 Å². The summed E-state index contributed by atoms with van der Waals surface area (Å²) in [5, 5.41) is 91.5. The van der Waals surface area contributed by atoms with Crippen molar-refractivity contribution in [3.8, 4) is 0 Å². The fourth-order valence-electron chi connectivity index (χ4n) is 7.50. The van der Waals surface area contributed by atoms with Crippen LogP contribution in [0.1, 0.15) is 97.6 Å². The zero-order valence-electron chi connectivity index (χ0n) is 32.7. The molecule has 15 atom stereocenters. The molecule has 15 unspecified atom stereocenters. The van der Waals surface area contributed by atoms with Crippen molar-refractivity contribution in [1.82, 2.24) is 20.2 Å². The second-order valence-corrected chi connectivity index (χ2v) is 15.7. The van der Waals surface area contributed by atoms with E-state index in [1.807, 2.05) is 4.98 Å². The van der Waals surface area contributed by atoms with Gasteiger partial charge in [0.1, 0.15) is 60.9 Å². The number of unbranched alkanes of at least 4 members (excludes halogenated alkanes) is 7. The molecule has 1 aromatic heterocycles. The summed E-state index contributed by atoms with van der Waals surface area (Å²) in [5.41, 5.74) is -1.68. The molecule has 4 heterocycles. The Balaban J connectivity index is 1.46. The number of ether oxygens (including phenoxy) is 4. The topological polar surface area (TPSA) is 312 Å². The van der Waals surface area contributed by atoms with E-state index in [0.717, 1.165) is 55.9 Å². The highest BCUT2D eigenvalue weighted by Crippen LogP contribution is 2.34. The zero-order chi connectivity index (χ0) is 42.0. The van der Waals surface area contributed by atoms with Gasteiger partial charge in [-0.05, 0) is 12.3 Å². The van der Waals surface area contributed by atoms with Gasteiger partial charge in [0, 0.05) is 32.0 Å². The molecule has 20 heteroatoms. The fourth-order valence-corrected chi connectivity index (χ4v) is 7.50. The average molecular weight is 819 g/mol. The molecule has 57 heavy (non-hydrogen) atoms. The van der Waals surface area contributed by atoms with Gasteiger partial charge in [0.15, 0.2) is 18.8 Å². The Morgan fingerprint density at radius 3 is 1.93 bits per heavy atom. The number of nitrogens with one attached hydrogen (secondary N) is 3. The normalized spacial score (nSPS) is 34.9. The Kier molecular flexibility index (Phi) is 18.0. The maximum atomic E-state index is 13.2. The van der Waals surface area contributed by atoms with Gasteiger partial charge >= 0.3 is 5.69 Å². The lowest BCUT2D eigenvalue weighted by atomic mass is 9.91. The van der Waals surface area contributed by atoms with E-state index >= 15 is 0 Å². The van der Waals surface area contributed by atoms with Crippen LogP contribution in [-0.4, -0.2) is 155 Å². The molecule has 2 amide bonds. The number of carbonyl (C=O) groups is 2. The monoisotopic (exact) mass is 818 g/mol. The number of rotatable bonds is 20. The third kappa shape index (κ3) is 12.6. The van der Waals surface area contributed by atoms with Gasteiger partial charge in [-0.1, -0.05) is 65.2 Å². The molecule has 326 valence electrons. The van der Waals surface area contributed by atoms with Gasteiger partial charge in [-0.25, -0.2) is 4.79 Å². The van der Waals surface area contributed by atoms with Crippen LogP contribution in [0.4, 0.5) is 0 Å². The molecule has 0 bridgehead atoms. The van der Waals surface area contributed by atoms with Crippen molar-refractivity contribution in [2.45, 2.75) is 183 Å². The first kappa shape index (κ1) is 46.8. The predicted octanol–water partition coefficient (Wildman–Crippen LogP) is -2.64. The molecule has 1 aromatic rings. The lowest BCUT2D eigenvalue weighted by Gasteiger charge is -2.47. The molecule has 0 saturated carbocycles. The minimum atomic E-state index is -1.82. The summed E-state index contributed by atoms with van der Waals surface area (Å²) in [4.78, 5) is 51.1. The molecular weight excluding hydrogens is 756 g/mol. The Morgan fingerprint density at radius 1 is 0.789 bits per heavy atom. The number of H-pyrrole nitrogens is 1. The minimum Gasteiger partial charge on any atom is -0.394 e. The molecule has 3 aliphatic heterocycles. The van der Waals surface area contributed by atoms with Crippen LogP contribution >= 0.6 is 0 Å². The van der Waals surface area contributed by atoms with Crippen molar-refractivity contribution in [3.05, 3.63) is 33.1 Å². The first-order chi connectivity index (χ1) is 27.0. The molecule has 0 aromatic carbocycles. The van der Waals surface area contributed by atoms with E-state index < -0.39 is 128 Å². The molecule has 3 saturated heterocycles. The van der Waals surface area contributed by atoms with E-state index in [1.165, 1.54) is 19.3 Å². The second kappa shape index (κ2) is 21.9. The number of carbonyl (C=O) groups excluding carboxylic acids is 2. The number of aromatic amines is 1. The molecule has 0 aliphatic carbocycles. The highest BCUT2D eigenvalue weighted by Gasteiger charge is 2.53. The van der Waals surface area contributed by atoms with Crippen molar-refractivity contribution in [2.24, 2.45) is 5.92 Å². The minimum absolute atomic E-state index is 0.0628. The van der Waals surface area contributed by atoms with Crippen molar-refractivity contribution < 1.29 is 69.4 Å². The summed E-state index contributed by atoms with van der Waals surface area (Å²) < 4.78 is 24.2. The number of aliphatic hydroxyl groups is 8. The molecule has 0 radical (unpaired) electrons. The van der Waals surface area contributed by atoms with Crippen LogP contribution in [0.5, 0.6) is 0 Å². The average Bonchev–Trinajstić information content (AvgIpc) is 3.45. The number of nitrogens with zero attached hydrogens (tertiary/aromatic N) is 1. The maximum Gasteiger partial charge on any atom is 0.330 e. The smallest absolute Gasteiger partial charge is 0.330 e. The van der Waals surface area contributed by atoms with E-state index in [9.17, 15) is 60.0 Å². The molecule has 11 N–H and O–H groups in total. The highest BCUT2D eigenvalue weighted by molar-refractivity contribution is 5.76. The van der Waals surface area contributed by atoms with Crippen LogP contribution in [0.25, 0.3) is 0 Å². The summed E-state index contributed by atoms with van der Waals surface area (Å²) in [6.45, 7) is 4.79. The maximum absolute atomic E-state index is 13.2. The zero-order valence-corrected chi connectivity index (χ0v) is 32.7. The summed E-state index contributed by atoms with van der Waals surface area (Å²) in [7, 11) is 0. The molecule has 0 spiro atoms. The van der Waals surface area contributed by atoms with Crippen molar-refractivity contribution in [3.63, 3.8) is 0 Å². The van der Waals surface area contributed by atoms with Crippen molar-refractivity contribution in [2.75, 3.05) is 6.61 Å². The van der Waals surface area contributed by atoms with Crippen LogP contribution < -0.4 is 21.9 Å². The van der Waals surface area contributed by atoms with Crippen molar-refractivity contribution >= 4 is 11.8 Å². The van der Waals surface area contributed by atoms with E-state index in [-0.39, 0.29) is 6.42 Å². The Bertz CT molecular complexity index is 1530. The largest absolute Gasteiger partial charge is 0.394 e. The third-order valence-corrected chi connectivity index (χ3v) is 10.7. The summed E-state index contributed by atoms with van der Waals surface area (Å²) in [6.07, 6.45) is -11.9. The van der Waals surface area contributed by atoms with Crippen molar-refractivity contribution in [1.29, 1.82) is 0 Å². The summed E-state index contributed by atoms with van der Waals surface area (Å²) in [5.74, 6) is -0.466. The molecule has 4 rings (SSSR count). The number of hydrogen-bond acceptors (Lipinski definition) is 16. The molecule has 3 fully saturated rings. The Morgan fingerprint density at radius 2 is 1.35 bits per heavy atom. The van der Waals surface area contributed by atoms with E-state index in [0.29, 0.717) is 12.3 Å². The van der Waals surface area contributed by atoms with Crippen LogP contribution in [0.2, 0.25) is 0 Å². The van der Waals surface area contributed by atoms with Gasteiger partial charge in [0.25, 0.3) is 5.56 Å².